The zero-order valence-corrected chi connectivity index (χ0v) is 11.4. The molecule has 0 aliphatic carbocycles. The first-order valence-electron chi connectivity index (χ1n) is 6.54. The van der Waals surface area contributed by atoms with Gasteiger partial charge in [0.2, 0.25) is 0 Å². The minimum Gasteiger partial charge on any atom is -0.549 e. The fourth-order valence-corrected chi connectivity index (χ4v) is 3.78. The molecule has 5 nitrogen and oxygen atoms in total. The van der Waals surface area contributed by atoms with Crippen LogP contribution in [0.3, 0.4) is 0 Å². The van der Waals surface area contributed by atoms with Gasteiger partial charge in [0.05, 0.1) is 11.5 Å². The molecule has 0 aromatic rings. The Kier molecular flexibility index (Phi) is 4.05. The van der Waals surface area contributed by atoms with Crippen LogP contribution in [0.15, 0.2) is 0 Å². The van der Waals surface area contributed by atoms with E-state index in [0.717, 1.165) is 0 Å². The maximum absolute atomic E-state index is 11.6. The molecule has 4 atom stereocenters. The number of aliphatic carboxylic acids is 2. The van der Waals surface area contributed by atoms with Crippen LogP contribution in [-0.2, 0) is 9.59 Å². The SMILES string of the molecule is CCC1C(CC)(C(=O)[O-])NC(C)C1(CC)C(=O)[O-]. The Morgan fingerprint density at radius 3 is 1.94 bits per heavy atom. The van der Waals surface area contributed by atoms with Crippen LogP contribution in [0.5, 0.6) is 0 Å². The number of hydrogen-bond acceptors (Lipinski definition) is 5. The third kappa shape index (κ3) is 1.64. The van der Waals surface area contributed by atoms with Gasteiger partial charge >= 0.3 is 0 Å². The lowest BCUT2D eigenvalue weighted by molar-refractivity contribution is -0.325. The van der Waals surface area contributed by atoms with Crippen molar-refractivity contribution in [2.45, 2.75) is 58.5 Å². The van der Waals surface area contributed by atoms with Crippen molar-refractivity contribution in [2.75, 3.05) is 0 Å². The summed E-state index contributed by atoms with van der Waals surface area (Å²) in [4.78, 5) is 23.1. The van der Waals surface area contributed by atoms with E-state index in [1.807, 2.05) is 6.92 Å². The molecule has 1 N–H and O–H groups in total. The van der Waals surface area contributed by atoms with E-state index in [1.165, 1.54) is 0 Å². The summed E-state index contributed by atoms with van der Waals surface area (Å²) in [5.41, 5.74) is -2.42. The van der Waals surface area contributed by atoms with E-state index in [2.05, 4.69) is 5.32 Å². The molecule has 18 heavy (non-hydrogen) atoms. The Balaban J connectivity index is 3.40. The summed E-state index contributed by atoms with van der Waals surface area (Å²) in [6, 6.07) is -0.449. The highest BCUT2D eigenvalue weighted by Gasteiger charge is 2.59. The van der Waals surface area contributed by atoms with Crippen molar-refractivity contribution in [3.05, 3.63) is 0 Å². The minimum atomic E-state index is -1.27. The molecule has 104 valence electrons. The van der Waals surface area contributed by atoms with Crippen LogP contribution in [0, 0.1) is 11.3 Å². The maximum atomic E-state index is 11.6. The topological polar surface area (TPSA) is 92.3 Å². The molecule has 1 saturated heterocycles. The summed E-state index contributed by atoms with van der Waals surface area (Å²) in [6.45, 7) is 7.02. The summed E-state index contributed by atoms with van der Waals surface area (Å²) in [5, 5.41) is 26.1. The van der Waals surface area contributed by atoms with E-state index in [-0.39, 0.29) is 0 Å². The van der Waals surface area contributed by atoms with Gasteiger partial charge in [0.15, 0.2) is 0 Å². The zero-order chi connectivity index (χ0) is 14.1. The third-order valence-corrected chi connectivity index (χ3v) is 4.76. The van der Waals surface area contributed by atoms with Crippen LogP contribution in [0.2, 0.25) is 0 Å². The minimum absolute atomic E-state index is 0.299. The van der Waals surface area contributed by atoms with Crippen LogP contribution < -0.4 is 15.5 Å². The van der Waals surface area contributed by atoms with Crippen molar-refractivity contribution < 1.29 is 19.8 Å². The van der Waals surface area contributed by atoms with Gasteiger partial charge in [-0.25, -0.2) is 0 Å². The van der Waals surface area contributed by atoms with Gasteiger partial charge in [0.25, 0.3) is 0 Å². The molecule has 1 aliphatic rings. The quantitative estimate of drug-likeness (QED) is 0.683. The van der Waals surface area contributed by atoms with Gasteiger partial charge in [-0.1, -0.05) is 27.2 Å². The summed E-state index contributed by atoms with van der Waals surface area (Å²) < 4.78 is 0. The van der Waals surface area contributed by atoms with Crippen molar-refractivity contribution in [1.82, 2.24) is 5.32 Å². The Morgan fingerprint density at radius 2 is 1.67 bits per heavy atom. The van der Waals surface area contributed by atoms with Crippen molar-refractivity contribution in [3.63, 3.8) is 0 Å². The third-order valence-electron chi connectivity index (χ3n) is 4.76. The Hall–Kier alpha value is -1.10. The second-order valence-corrected chi connectivity index (χ2v) is 5.12. The number of rotatable bonds is 5. The van der Waals surface area contributed by atoms with Crippen LogP contribution >= 0.6 is 0 Å². The molecule has 5 heteroatoms. The molecule has 0 saturated carbocycles. The highest BCUT2D eigenvalue weighted by molar-refractivity contribution is 5.83. The molecule has 1 rings (SSSR count). The second kappa shape index (κ2) is 4.88. The largest absolute Gasteiger partial charge is 0.549 e. The highest BCUT2D eigenvalue weighted by atomic mass is 16.4. The fourth-order valence-electron chi connectivity index (χ4n) is 3.78. The molecule has 0 bridgehead atoms. The summed E-state index contributed by atoms with van der Waals surface area (Å²) in [7, 11) is 0. The number of carboxylic acid groups (broad SMARTS) is 2. The van der Waals surface area contributed by atoms with Crippen molar-refractivity contribution >= 4 is 11.9 Å². The first-order chi connectivity index (χ1) is 8.33. The molecule has 4 unspecified atom stereocenters. The zero-order valence-electron chi connectivity index (χ0n) is 11.4. The van der Waals surface area contributed by atoms with Gasteiger partial charge in [0.1, 0.15) is 0 Å². The predicted octanol–water partition coefficient (Wildman–Crippen LogP) is -0.951. The van der Waals surface area contributed by atoms with Crippen LogP contribution in [0.4, 0.5) is 0 Å². The van der Waals surface area contributed by atoms with E-state index in [4.69, 9.17) is 0 Å². The predicted molar refractivity (Wildman–Crippen MR) is 62.1 cm³/mol. The molecule has 1 heterocycles. The number of carbonyl (C=O) groups excluding carboxylic acids is 2. The van der Waals surface area contributed by atoms with Gasteiger partial charge in [-0.15, -0.1) is 0 Å². The lowest BCUT2D eigenvalue weighted by atomic mass is 9.64. The molecule has 1 fully saturated rings. The molecule has 1 aliphatic heterocycles. The molecule has 0 spiro atoms. The number of nitrogens with one attached hydrogen (secondary N) is 1. The van der Waals surface area contributed by atoms with Gasteiger partial charge < -0.3 is 25.1 Å². The Labute approximate surface area is 108 Å². The molecule has 0 aromatic carbocycles. The van der Waals surface area contributed by atoms with E-state index in [9.17, 15) is 19.8 Å². The average molecular weight is 255 g/mol. The fraction of sp³-hybridized carbons (Fsp3) is 0.846. The Morgan fingerprint density at radius 1 is 1.11 bits per heavy atom. The van der Waals surface area contributed by atoms with Gasteiger partial charge in [0, 0.05) is 17.4 Å². The van der Waals surface area contributed by atoms with Crippen LogP contribution in [0.25, 0.3) is 0 Å². The Bertz CT molecular complexity index is 357. The summed E-state index contributed by atoms with van der Waals surface area (Å²) in [5.74, 6) is -2.92. The molecular formula is C13H21NO4-2. The second-order valence-electron chi connectivity index (χ2n) is 5.12. The van der Waals surface area contributed by atoms with E-state index >= 15 is 0 Å². The van der Waals surface area contributed by atoms with E-state index in [0.29, 0.717) is 19.3 Å². The summed E-state index contributed by atoms with van der Waals surface area (Å²) in [6.07, 6.45) is 1.10. The monoisotopic (exact) mass is 255 g/mol. The molecule has 0 amide bonds. The normalized spacial score (nSPS) is 39.8. The lowest BCUT2D eigenvalue weighted by Crippen LogP contribution is -2.59. The number of carbonyl (C=O) groups is 2. The van der Waals surface area contributed by atoms with Gasteiger partial charge in [-0.3, -0.25) is 0 Å². The highest BCUT2D eigenvalue weighted by Crippen LogP contribution is 2.50. The van der Waals surface area contributed by atoms with Crippen LogP contribution in [-0.4, -0.2) is 23.5 Å². The van der Waals surface area contributed by atoms with Crippen molar-refractivity contribution in [1.29, 1.82) is 0 Å². The van der Waals surface area contributed by atoms with Gasteiger partial charge in [-0.2, -0.15) is 0 Å². The maximum Gasteiger partial charge on any atom is 0.0619 e. The lowest BCUT2D eigenvalue weighted by Gasteiger charge is -2.43. The average Bonchev–Trinajstić information content (AvgIpc) is 2.58. The molecular weight excluding hydrogens is 234 g/mol. The standard InChI is InChI=1S/C13H23NO4/c1-5-9-12(6-2,10(15)16)8(4)14-13(9,7-3)11(17)18/h8-9,14H,5-7H2,1-4H3,(H,15,16)(H,17,18)/p-2. The first-order valence-corrected chi connectivity index (χ1v) is 6.54. The number of carboxylic acids is 2. The van der Waals surface area contributed by atoms with Crippen molar-refractivity contribution in [3.8, 4) is 0 Å². The smallest absolute Gasteiger partial charge is 0.0619 e. The molecule has 0 aromatic heterocycles. The summed E-state index contributed by atoms with van der Waals surface area (Å²) >= 11 is 0. The van der Waals surface area contributed by atoms with Crippen molar-refractivity contribution in [2.24, 2.45) is 11.3 Å². The van der Waals surface area contributed by atoms with Crippen LogP contribution in [0.1, 0.15) is 47.0 Å². The number of hydrogen-bond donors (Lipinski definition) is 1. The molecule has 0 radical (unpaired) electrons. The van der Waals surface area contributed by atoms with E-state index in [1.54, 1.807) is 20.8 Å². The van der Waals surface area contributed by atoms with Gasteiger partial charge in [-0.05, 0) is 25.7 Å². The van der Waals surface area contributed by atoms with E-state index < -0.39 is 34.9 Å². The first kappa shape index (κ1) is 15.0.